The third kappa shape index (κ3) is 3.72. The smallest absolute Gasteiger partial charge is 0.136 e. The number of hydrazone groups is 1. The van der Waals surface area contributed by atoms with Gasteiger partial charge in [0.25, 0.3) is 0 Å². The second-order valence-corrected chi connectivity index (χ2v) is 5.23. The number of nitrogens with zero attached hydrogens (tertiary/aromatic N) is 4. The number of benzene rings is 2. The molecule has 0 saturated carbocycles. The zero-order chi connectivity index (χ0) is 17.5. The molecule has 2 aromatic rings. The van der Waals surface area contributed by atoms with Crippen LogP contribution in [0.1, 0.15) is 0 Å². The van der Waals surface area contributed by atoms with Gasteiger partial charge in [0.2, 0.25) is 0 Å². The highest BCUT2D eigenvalue weighted by molar-refractivity contribution is 6.06. The van der Waals surface area contributed by atoms with Crippen molar-refractivity contribution >= 4 is 17.1 Å². The van der Waals surface area contributed by atoms with Crippen LogP contribution in [0.4, 0.5) is 11.4 Å². The zero-order valence-corrected chi connectivity index (χ0v) is 13.4. The first-order chi connectivity index (χ1) is 12.3. The molecule has 0 bridgehead atoms. The number of anilines is 2. The van der Waals surface area contributed by atoms with Crippen molar-refractivity contribution in [2.24, 2.45) is 5.10 Å². The molecule has 4 heteroatoms. The fourth-order valence-corrected chi connectivity index (χ4v) is 2.37. The molecule has 0 amide bonds. The van der Waals surface area contributed by atoms with Gasteiger partial charge in [0.15, 0.2) is 0 Å². The minimum Gasteiger partial charge on any atom is -0.233 e. The highest BCUT2D eigenvalue weighted by Gasteiger charge is 2.10. The number of rotatable bonds is 3. The lowest BCUT2D eigenvalue weighted by Gasteiger charge is -2.20. The molecule has 0 fully saturated rings. The maximum absolute atomic E-state index is 8.95. The van der Waals surface area contributed by atoms with Crippen molar-refractivity contribution in [2.45, 2.75) is 0 Å². The highest BCUT2D eigenvalue weighted by Crippen LogP contribution is 2.26. The molecule has 2 aromatic carbocycles. The monoisotopic (exact) mass is 322 g/mol. The maximum Gasteiger partial charge on any atom is 0.136 e. The summed E-state index contributed by atoms with van der Waals surface area (Å²) in [5, 5.41) is 24.5. The molecule has 0 radical (unpaired) electrons. The van der Waals surface area contributed by atoms with E-state index in [-0.39, 0.29) is 5.57 Å². The molecule has 0 aromatic heterocycles. The third-order valence-corrected chi connectivity index (χ3v) is 3.60. The molecule has 1 aliphatic rings. The summed E-state index contributed by atoms with van der Waals surface area (Å²) in [6, 6.07) is 23.5. The number of allylic oxidation sites excluding steroid dienone is 6. The first kappa shape index (κ1) is 16.0. The van der Waals surface area contributed by atoms with Crippen molar-refractivity contribution in [1.29, 1.82) is 10.5 Å². The molecule has 25 heavy (non-hydrogen) atoms. The molecular formula is C21H14N4. The predicted molar refractivity (Wildman–Crippen MR) is 99.0 cm³/mol. The molecule has 0 spiro atoms. The molecule has 3 rings (SSSR count). The molecule has 0 atom stereocenters. The molecule has 4 nitrogen and oxygen atoms in total. The predicted octanol–water partition coefficient (Wildman–Crippen LogP) is 4.65. The van der Waals surface area contributed by atoms with Crippen molar-refractivity contribution < 1.29 is 0 Å². The molecule has 118 valence electrons. The van der Waals surface area contributed by atoms with E-state index in [2.05, 4.69) is 0 Å². The van der Waals surface area contributed by atoms with Crippen LogP contribution in [0.3, 0.4) is 0 Å². The summed E-state index contributed by atoms with van der Waals surface area (Å²) in [6.07, 6.45) is 7.05. The number of nitriles is 2. The van der Waals surface area contributed by atoms with Gasteiger partial charge in [-0.3, -0.25) is 0 Å². The van der Waals surface area contributed by atoms with Gasteiger partial charge in [0.1, 0.15) is 17.7 Å². The average molecular weight is 322 g/mol. The standard InChI is InChI=1S/C21H14N4/c22-15-18(16-23)17-11-13-19(14-12-17)24-25(20-7-3-1-4-8-20)21-9-5-2-6-10-21/h1-14H. The Hall–Kier alpha value is -3.89. The van der Waals surface area contributed by atoms with Gasteiger partial charge in [-0.05, 0) is 36.4 Å². The Morgan fingerprint density at radius 3 is 1.64 bits per heavy atom. The van der Waals surface area contributed by atoms with Gasteiger partial charge in [-0.1, -0.05) is 48.6 Å². The molecule has 1 aliphatic carbocycles. The highest BCUT2D eigenvalue weighted by atomic mass is 15.5. The number of hydrogen-bond acceptors (Lipinski definition) is 4. The van der Waals surface area contributed by atoms with Crippen molar-refractivity contribution in [3.8, 4) is 12.1 Å². The third-order valence-electron chi connectivity index (χ3n) is 3.60. The number of hydrogen-bond donors (Lipinski definition) is 0. The van der Waals surface area contributed by atoms with Gasteiger partial charge in [-0.15, -0.1) is 0 Å². The van der Waals surface area contributed by atoms with Crippen molar-refractivity contribution in [3.05, 3.63) is 96.1 Å². The van der Waals surface area contributed by atoms with Crippen LogP contribution in [0.25, 0.3) is 0 Å². The maximum atomic E-state index is 8.95. The minimum atomic E-state index is 0.0922. The molecule has 0 N–H and O–H groups in total. The summed E-state index contributed by atoms with van der Waals surface area (Å²) in [5.74, 6) is 0. The Balaban J connectivity index is 1.98. The van der Waals surface area contributed by atoms with Gasteiger partial charge in [-0.25, -0.2) is 5.01 Å². The normalized spacial score (nSPS) is 12.2. The van der Waals surface area contributed by atoms with E-state index in [9.17, 15) is 0 Å². The zero-order valence-electron chi connectivity index (χ0n) is 13.4. The first-order valence-electron chi connectivity index (χ1n) is 7.71. The topological polar surface area (TPSA) is 63.2 Å². The van der Waals surface area contributed by atoms with Crippen molar-refractivity contribution in [2.75, 3.05) is 5.01 Å². The van der Waals surface area contributed by atoms with Gasteiger partial charge in [0.05, 0.1) is 17.1 Å². The molecule has 0 unspecified atom stereocenters. The van der Waals surface area contributed by atoms with E-state index in [0.717, 1.165) is 17.1 Å². The van der Waals surface area contributed by atoms with Crippen LogP contribution >= 0.6 is 0 Å². The van der Waals surface area contributed by atoms with Crippen molar-refractivity contribution in [1.82, 2.24) is 0 Å². The van der Waals surface area contributed by atoms with Crippen LogP contribution in [-0.4, -0.2) is 5.71 Å². The fourth-order valence-electron chi connectivity index (χ4n) is 2.37. The van der Waals surface area contributed by atoms with Gasteiger partial charge in [-0.2, -0.15) is 15.6 Å². The van der Waals surface area contributed by atoms with Crippen LogP contribution < -0.4 is 5.01 Å². The Bertz CT molecular complexity index is 879. The van der Waals surface area contributed by atoms with Crippen LogP contribution in [0.15, 0.2) is 101 Å². The lowest BCUT2D eigenvalue weighted by Crippen LogP contribution is -2.12. The Morgan fingerprint density at radius 2 is 1.20 bits per heavy atom. The summed E-state index contributed by atoms with van der Waals surface area (Å²) in [5.41, 5.74) is 3.30. The minimum absolute atomic E-state index is 0.0922. The summed E-state index contributed by atoms with van der Waals surface area (Å²) in [6.45, 7) is 0. The molecule has 0 heterocycles. The van der Waals surface area contributed by atoms with Gasteiger partial charge in [0, 0.05) is 5.57 Å². The second-order valence-electron chi connectivity index (χ2n) is 5.23. The lowest BCUT2D eigenvalue weighted by molar-refractivity contribution is 1.09. The van der Waals surface area contributed by atoms with E-state index < -0.39 is 0 Å². The lowest BCUT2D eigenvalue weighted by atomic mass is 10.0. The van der Waals surface area contributed by atoms with E-state index >= 15 is 0 Å². The van der Waals surface area contributed by atoms with Gasteiger partial charge < -0.3 is 0 Å². The number of para-hydroxylation sites is 2. The fraction of sp³-hybridized carbons (Fsp3) is 0. The van der Waals surface area contributed by atoms with E-state index in [0.29, 0.717) is 5.57 Å². The molecule has 0 saturated heterocycles. The van der Waals surface area contributed by atoms with Crippen LogP contribution in [0, 0.1) is 22.7 Å². The first-order valence-corrected chi connectivity index (χ1v) is 7.71. The van der Waals surface area contributed by atoms with E-state index in [4.69, 9.17) is 15.6 Å². The Morgan fingerprint density at radius 1 is 0.720 bits per heavy atom. The SMILES string of the molecule is N#CC(C#N)=C1C=CC(=NN(c2ccccc2)c2ccccc2)C=C1. The van der Waals surface area contributed by atoms with Gasteiger partial charge >= 0.3 is 0 Å². The summed E-state index contributed by atoms with van der Waals surface area (Å²) in [7, 11) is 0. The summed E-state index contributed by atoms with van der Waals surface area (Å²) < 4.78 is 0. The summed E-state index contributed by atoms with van der Waals surface area (Å²) >= 11 is 0. The van der Waals surface area contributed by atoms with Crippen molar-refractivity contribution in [3.63, 3.8) is 0 Å². The molecular weight excluding hydrogens is 308 g/mol. The van der Waals surface area contributed by atoms with Crippen LogP contribution in [-0.2, 0) is 0 Å². The second kappa shape index (κ2) is 7.59. The van der Waals surface area contributed by atoms with E-state index in [1.54, 1.807) is 24.3 Å². The quantitative estimate of drug-likeness (QED) is 0.610. The molecule has 0 aliphatic heterocycles. The average Bonchev–Trinajstić information content (AvgIpc) is 2.69. The largest absolute Gasteiger partial charge is 0.233 e. The van der Waals surface area contributed by atoms with E-state index in [1.165, 1.54) is 0 Å². The van der Waals surface area contributed by atoms with Crippen LogP contribution in [0.2, 0.25) is 0 Å². The van der Waals surface area contributed by atoms with Crippen LogP contribution in [0.5, 0.6) is 0 Å². The van der Waals surface area contributed by atoms with E-state index in [1.807, 2.05) is 77.8 Å². The Kier molecular flexibility index (Phi) is 4.85. The summed E-state index contributed by atoms with van der Waals surface area (Å²) in [4.78, 5) is 0. The Labute approximate surface area is 146 Å².